The van der Waals surface area contributed by atoms with E-state index in [2.05, 4.69) is 13.8 Å². The molecule has 34 heavy (non-hydrogen) atoms. The van der Waals surface area contributed by atoms with Crippen molar-refractivity contribution >= 4 is 5.97 Å². The van der Waals surface area contributed by atoms with Gasteiger partial charge in [-0.25, -0.2) is 0 Å². The van der Waals surface area contributed by atoms with Gasteiger partial charge < -0.3 is 9.47 Å². The Morgan fingerprint density at radius 2 is 0.882 bits per heavy atom. The van der Waals surface area contributed by atoms with Gasteiger partial charge in [0.25, 0.3) is 0 Å². The molecule has 0 aromatic rings. The second-order valence-electron chi connectivity index (χ2n) is 10.5. The first-order chi connectivity index (χ1) is 16.7. The molecule has 0 radical (unpaired) electrons. The summed E-state index contributed by atoms with van der Waals surface area (Å²) < 4.78 is 11.2. The number of unbranched alkanes of at least 4 members (excludes halogenated alkanes) is 21. The number of hydrogen-bond acceptors (Lipinski definition) is 3. The SMILES string of the molecule is CCCCCCCCCCCCCCOC(C)COC(=O)CCCCCCCCCCCCC. The summed E-state index contributed by atoms with van der Waals surface area (Å²) >= 11 is 0. The van der Waals surface area contributed by atoms with E-state index < -0.39 is 0 Å². The molecule has 3 heteroatoms. The highest BCUT2D eigenvalue weighted by molar-refractivity contribution is 5.69. The van der Waals surface area contributed by atoms with Gasteiger partial charge in [0.15, 0.2) is 0 Å². The van der Waals surface area contributed by atoms with E-state index in [9.17, 15) is 4.79 Å². The first-order valence-corrected chi connectivity index (χ1v) is 15.5. The molecular weight excluding hydrogens is 420 g/mol. The highest BCUT2D eigenvalue weighted by Crippen LogP contribution is 2.13. The Hall–Kier alpha value is -0.570. The molecule has 0 saturated carbocycles. The summed E-state index contributed by atoms with van der Waals surface area (Å²) in [5, 5.41) is 0. The molecule has 0 bridgehead atoms. The average Bonchev–Trinajstić information content (AvgIpc) is 2.84. The van der Waals surface area contributed by atoms with E-state index in [1.54, 1.807) is 0 Å². The van der Waals surface area contributed by atoms with E-state index >= 15 is 0 Å². The van der Waals surface area contributed by atoms with Crippen LogP contribution in [0.2, 0.25) is 0 Å². The van der Waals surface area contributed by atoms with Crippen molar-refractivity contribution in [2.75, 3.05) is 13.2 Å². The highest BCUT2D eigenvalue weighted by Gasteiger charge is 2.07. The quantitative estimate of drug-likeness (QED) is 0.0821. The fourth-order valence-electron chi connectivity index (χ4n) is 4.49. The molecule has 0 aliphatic carbocycles. The standard InChI is InChI=1S/C31H62O3/c1-4-6-8-10-12-14-16-18-20-22-24-26-28-33-30(3)29-34-31(32)27-25-23-21-19-17-15-13-11-9-7-5-2/h30H,4-29H2,1-3H3. The van der Waals surface area contributed by atoms with Crippen LogP contribution in [0.25, 0.3) is 0 Å². The molecular formula is C31H62O3. The molecule has 0 spiro atoms. The number of ether oxygens (including phenoxy) is 2. The van der Waals surface area contributed by atoms with Crippen molar-refractivity contribution in [1.82, 2.24) is 0 Å². The van der Waals surface area contributed by atoms with Crippen molar-refractivity contribution in [3.63, 3.8) is 0 Å². The Kier molecular flexibility index (Phi) is 28.2. The average molecular weight is 483 g/mol. The summed E-state index contributed by atoms with van der Waals surface area (Å²) in [5.74, 6) is -0.0586. The van der Waals surface area contributed by atoms with Crippen LogP contribution in [0.4, 0.5) is 0 Å². The van der Waals surface area contributed by atoms with Gasteiger partial charge in [-0.2, -0.15) is 0 Å². The van der Waals surface area contributed by atoms with Gasteiger partial charge >= 0.3 is 5.97 Å². The topological polar surface area (TPSA) is 35.5 Å². The molecule has 0 N–H and O–H groups in total. The van der Waals surface area contributed by atoms with E-state index in [0.717, 1.165) is 25.9 Å². The molecule has 204 valence electrons. The van der Waals surface area contributed by atoms with Crippen molar-refractivity contribution in [2.45, 2.75) is 181 Å². The lowest BCUT2D eigenvalue weighted by molar-refractivity contribution is -0.147. The maximum absolute atomic E-state index is 11.9. The molecule has 0 fully saturated rings. The zero-order valence-electron chi connectivity index (χ0n) is 23.7. The van der Waals surface area contributed by atoms with E-state index in [-0.39, 0.29) is 12.1 Å². The van der Waals surface area contributed by atoms with Crippen LogP contribution in [0.5, 0.6) is 0 Å². The van der Waals surface area contributed by atoms with Gasteiger partial charge in [-0.05, 0) is 19.8 Å². The molecule has 0 aliphatic rings. The largest absolute Gasteiger partial charge is 0.463 e. The van der Waals surface area contributed by atoms with Crippen LogP contribution in [0.1, 0.15) is 175 Å². The van der Waals surface area contributed by atoms with Crippen molar-refractivity contribution < 1.29 is 14.3 Å². The third-order valence-electron chi connectivity index (χ3n) is 6.86. The van der Waals surface area contributed by atoms with Gasteiger partial charge in [0.05, 0.1) is 6.10 Å². The van der Waals surface area contributed by atoms with Crippen LogP contribution < -0.4 is 0 Å². The van der Waals surface area contributed by atoms with E-state index in [4.69, 9.17) is 9.47 Å². The van der Waals surface area contributed by atoms with Gasteiger partial charge in [-0.3, -0.25) is 4.79 Å². The molecule has 0 heterocycles. The fraction of sp³-hybridized carbons (Fsp3) is 0.968. The van der Waals surface area contributed by atoms with Gasteiger partial charge in [-0.15, -0.1) is 0 Å². The molecule has 0 amide bonds. The van der Waals surface area contributed by atoms with E-state index in [1.807, 2.05) is 6.92 Å². The third kappa shape index (κ3) is 27.7. The molecule has 0 aromatic carbocycles. The lowest BCUT2D eigenvalue weighted by atomic mass is 10.1. The second-order valence-corrected chi connectivity index (χ2v) is 10.5. The van der Waals surface area contributed by atoms with Gasteiger partial charge in [0, 0.05) is 13.0 Å². The molecule has 3 nitrogen and oxygen atoms in total. The Morgan fingerprint density at radius 3 is 1.29 bits per heavy atom. The molecule has 1 atom stereocenters. The summed E-state index contributed by atoms with van der Waals surface area (Å²) in [5.41, 5.74) is 0. The van der Waals surface area contributed by atoms with Crippen molar-refractivity contribution in [3.05, 3.63) is 0 Å². The molecule has 0 rings (SSSR count). The highest BCUT2D eigenvalue weighted by atomic mass is 16.6. The lowest BCUT2D eigenvalue weighted by Crippen LogP contribution is -2.19. The maximum atomic E-state index is 11.9. The minimum Gasteiger partial charge on any atom is -0.463 e. The summed E-state index contributed by atoms with van der Waals surface area (Å²) in [6.45, 7) is 7.74. The number of esters is 1. The Bertz CT molecular complexity index is 396. The fourth-order valence-corrected chi connectivity index (χ4v) is 4.49. The van der Waals surface area contributed by atoms with E-state index in [0.29, 0.717) is 13.0 Å². The number of carbonyl (C=O) groups is 1. The van der Waals surface area contributed by atoms with Gasteiger partial charge in [0.1, 0.15) is 6.61 Å². The Morgan fingerprint density at radius 1 is 0.529 bits per heavy atom. The smallest absolute Gasteiger partial charge is 0.305 e. The van der Waals surface area contributed by atoms with Crippen LogP contribution >= 0.6 is 0 Å². The maximum Gasteiger partial charge on any atom is 0.305 e. The first-order valence-electron chi connectivity index (χ1n) is 15.5. The van der Waals surface area contributed by atoms with Gasteiger partial charge in [-0.1, -0.05) is 149 Å². The number of carbonyl (C=O) groups excluding carboxylic acids is 1. The van der Waals surface area contributed by atoms with Gasteiger partial charge in [0.2, 0.25) is 0 Å². The second kappa shape index (κ2) is 28.7. The normalized spacial score (nSPS) is 12.2. The first kappa shape index (κ1) is 33.4. The Labute approximate surface area is 214 Å². The van der Waals surface area contributed by atoms with Crippen LogP contribution in [0.15, 0.2) is 0 Å². The van der Waals surface area contributed by atoms with Crippen molar-refractivity contribution in [2.24, 2.45) is 0 Å². The predicted octanol–water partition coefficient (Wildman–Crippen LogP) is 10.3. The number of rotatable bonds is 28. The zero-order chi connectivity index (χ0) is 25.0. The third-order valence-corrected chi connectivity index (χ3v) is 6.86. The predicted molar refractivity (Wildman–Crippen MR) is 149 cm³/mol. The van der Waals surface area contributed by atoms with Crippen LogP contribution in [-0.2, 0) is 14.3 Å². The van der Waals surface area contributed by atoms with Crippen LogP contribution in [0, 0.1) is 0 Å². The molecule has 0 saturated heterocycles. The summed E-state index contributed by atoms with van der Waals surface area (Å²) in [7, 11) is 0. The van der Waals surface area contributed by atoms with Crippen molar-refractivity contribution in [3.8, 4) is 0 Å². The molecule has 0 aliphatic heterocycles. The minimum absolute atomic E-state index is 0.00832. The zero-order valence-corrected chi connectivity index (χ0v) is 23.7. The van der Waals surface area contributed by atoms with Crippen LogP contribution in [-0.4, -0.2) is 25.3 Å². The number of hydrogen-bond donors (Lipinski definition) is 0. The molecule has 0 aromatic heterocycles. The summed E-state index contributed by atoms with van der Waals surface area (Å²) in [6.07, 6.45) is 31.2. The minimum atomic E-state index is -0.0586. The molecule has 1 unspecified atom stereocenters. The monoisotopic (exact) mass is 482 g/mol. The van der Waals surface area contributed by atoms with E-state index in [1.165, 1.54) is 128 Å². The Balaban J connectivity index is 3.28. The lowest BCUT2D eigenvalue weighted by Gasteiger charge is -2.13. The van der Waals surface area contributed by atoms with Crippen molar-refractivity contribution in [1.29, 1.82) is 0 Å². The van der Waals surface area contributed by atoms with Crippen LogP contribution in [0.3, 0.4) is 0 Å². The summed E-state index contributed by atoms with van der Waals surface area (Å²) in [4.78, 5) is 11.9. The summed E-state index contributed by atoms with van der Waals surface area (Å²) in [6, 6.07) is 0.